The number of likely N-dealkylation sites (tertiary alicyclic amines) is 1. The molecule has 0 aliphatic carbocycles. The molecule has 5 rings (SSSR count). The van der Waals surface area contributed by atoms with Gasteiger partial charge in [0.1, 0.15) is 11.9 Å². The summed E-state index contributed by atoms with van der Waals surface area (Å²) in [6.45, 7) is 0.643. The molecule has 166 valence electrons. The molecule has 3 aromatic carbocycles. The van der Waals surface area contributed by atoms with E-state index in [2.05, 4.69) is 22.3 Å². The Balaban J connectivity index is 1.61. The van der Waals surface area contributed by atoms with Crippen LogP contribution in [0.1, 0.15) is 30.0 Å². The Morgan fingerprint density at radius 1 is 1.00 bits per heavy atom. The van der Waals surface area contributed by atoms with E-state index < -0.39 is 12.0 Å². The molecule has 1 aliphatic rings. The topological polar surface area (TPSA) is 69.2 Å². The van der Waals surface area contributed by atoms with E-state index in [0.717, 1.165) is 28.7 Å². The van der Waals surface area contributed by atoms with Crippen molar-refractivity contribution in [2.24, 2.45) is 0 Å². The molecule has 6 heteroatoms. The highest BCUT2D eigenvalue weighted by molar-refractivity contribution is 5.74. The monoisotopic (exact) mass is 441 g/mol. The van der Waals surface area contributed by atoms with Crippen LogP contribution >= 0.6 is 0 Å². The number of aromatic amines is 1. The van der Waals surface area contributed by atoms with Gasteiger partial charge in [0, 0.05) is 17.7 Å². The lowest BCUT2D eigenvalue weighted by molar-refractivity contribution is -0.142. The molecule has 1 aliphatic heterocycles. The molecule has 0 amide bonds. The third kappa shape index (κ3) is 4.05. The van der Waals surface area contributed by atoms with Gasteiger partial charge in [-0.15, -0.1) is 0 Å². The highest BCUT2D eigenvalue weighted by Gasteiger charge is 2.38. The zero-order valence-corrected chi connectivity index (χ0v) is 18.0. The number of halogens is 1. The van der Waals surface area contributed by atoms with Crippen molar-refractivity contribution in [3.05, 3.63) is 102 Å². The van der Waals surface area contributed by atoms with Crippen LogP contribution in [0.15, 0.2) is 85.1 Å². The van der Waals surface area contributed by atoms with Gasteiger partial charge in [-0.1, -0.05) is 66.7 Å². The quantitative estimate of drug-likeness (QED) is 0.413. The molecule has 0 spiro atoms. The Bertz CT molecular complexity index is 1250. The molecular formula is C27H24FN3O2. The van der Waals surface area contributed by atoms with E-state index in [0.29, 0.717) is 24.2 Å². The Hall–Kier alpha value is -3.77. The van der Waals surface area contributed by atoms with Gasteiger partial charge in [-0.2, -0.15) is 5.10 Å². The first kappa shape index (κ1) is 21.1. The minimum atomic E-state index is -0.839. The van der Waals surface area contributed by atoms with Crippen molar-refractivity contribution < 1.29 is 14.3 Å². The smallest absolute Gasteiger partial charge is 0.320 e. The molecule has 5 nitrogen and oxygen atoms in total. The van der Waals surface area contributed by atoms with Crippen molar-refractivity contribution in [2.75, 3.05) is 6.54 Å². The summed E-state index contributed by atoms with van der Waals surface area (Å²) >= 11 is 0. The van der Waals surface area contributed by atoms with Gasteiger partial charge in [0.05, 0.1) is 17.9 Å². The first-order valence-corrected chi connectivity index (χ1v) is 11.1. The van der Waals surface area contributed by atoms with Crippen LogP contribution in [0.3, 0.4) is 0 Å². The molecule has 33 heavy (non-hydrogen) atoms. The molecule has 0 bridgehead atoms. The average molecular weight is 442 g/mol. The molecule has 4 aromatic rings. The van der Waals surface area contributed by atoms with E-state index in [9.17, 15) is 14.3 Å². The van der Waals surface area contributed by atoms with Crippen LogP contribution in [0.2, 0.25) is 0 Å². The number of aromatic nitrogens is 2. The third-order valence-corrected chi connectivity index (χ3v) is 6.35. The molecule has 2 N–H and O–H groups in total. The zero-order chi connectivity index (χ0) is 22.8. The second-order valence-corrected chi connectivity index (χ2v) is 8.30. The van der Waals surface area contributed by atoms with E-state index >= 15 is 0 Å². The Morgan fingerprint density at radius 3 is 2.42 bits per heavy atom. The average Bonchev–Trinajstić information content (AvgIpc) is 3.51. The second-order valence-electron chi connectivity index (χ2n) is 8.30. The van der Waals surface area contributed by atoms with Crippen LogP contribution in [0.4, 0.5) is 4.39 Å². The zero-order valence-electron chi connectivity index (χ0n) is 18.0. The number of hydrogen-bond acceptors (Lipinski definition) is 3. The second kappa shape index (κ2) is 9.00. The first-order valence-electron chi connectivity index (χ1n) is 11.1. The fourth-order valence-electron chi connectivity index (χ4n) is 4.78. The largest absolute Gasteiger partial charge is 0.480 e. The summed E-state index contributed by atoms with van der Waals surface area (Å²) in [5.41, 5.74) is 4.89. The lowest BCUT2D eigenvalue weighted by Crippen LogP contribution is -2.39. The molecular weight excluding hydrogens is 417 g/mol. The van der Waals surface area contributed by atoms with Crippen molar-refractivity contribution in [2.45, 2.75) is 24.9 Å². The Labute approximate surface area is 191 Å². The molecule has 2 heterocycles. The minimum absolute atomic E-state index is 0.350. The summed E-state index contributed by atoms with van der Waals surface area (Å²) in [7, 11) is 0. The van der Waals surface area contributed by atoms with Crippen LogP contribution < -0.4 is 0 Å². The number of carboxylic acids is 1. The Kier molecular flexibility index (Phi) is 5.75. The predicted octanol–water partition coefficient (Wildman–Crippen LogP) is 5.52. The lowest BCUT2D eigenvalue weighted by atomic mass is 9.92. The number of nitrogens with zero attached hydrogens (tertiary/aromatic N) is 2. The van der Waals surface area contributed by atoms with E-state index in [-0.39, 0.29) is 11.9 Å². The number of H-pyrrole nitrogens is 1. The summed E-state index contributed by atoms with van der Waals surface area (Å²) in [4.78, 5) is 14.0. The van der Waals surface area contributed by atoms with Crippen molar-refractivity contribution in [3.8, 4) is 22.4 Å². The predicted molar refractivity (Wildman–Crippen MR) is 125 cm³/mol. The van der Waals surface area contributed by atoms with Crippen LogP contribution in [-0.4, -0.2) is 38.8 Å². The molecule has 2 atom stereocenters. The van der Waals surface area contributed by atoms with Crippen molar-refractivity contribution >= 4 is 5.97 Å². The highest BCUT2D eigenvalue weighted by atomic mass is 19.1. The van der Waals surface area contributed by atoms with Gasteiger partial charge in [-0.25, -0.2) is 4.39 Å². The highest BCUT2D eigenvalue weighted by Crippen LogP contribution is 2.39. The van der Waals surface area contributed by atoms with Crippen LogP contribution in [-0.2, 0) is 4.79 Å². The van der Waals surface area contributed by atoms with Crippen molar-refractivity contribution in [3.63, 3.8) is 0 Å². The van der Waals surface area contributed by atoms with Crippen molar-refractivity contribution in [1.29, 1.82) is 0 Å². The third-order valence-electron chi connectivity index (χ3n) is 6.35. The van der Waals surface area contributed by atoms with E-state index in [1.54, 1.807) is 24.4 Å². The fraction of sp³-hybridized carbons (Fsp3) is 0.185. The number of carbonyl (C=O) groups is 1. The number of rotatable bonds is 6. The number of carboxylic acid groups (broad SMARTS) is 1. The molecule has 1 saturated heterocycles. The molecule has 2 unspecified atom stereocenters. The van der Waals surface area contributed by atoms with Crippen LogP contribution in [0, 0.1) is 5.82 Å². The van der Waals surface area contributed by atoms with Crippen LogP contribution in [0.25, 0.3) is 22.4 Å². The summed E-state index contributed by atoms with van der Waals surface area (Å²) < 4.78 is 14.7. The van der Waals surface area contributed by atoms with Crippen LogP contribution in [0.5, 0.6) is 0 Å². The van der Waals surface area contributed by atoms with Gasteiger partial charge in [0.2, 0.25) is 0 Å². The minimum Gasteiger partial charge on any atom is -0.480 e. The summed E-state index contributed by atoms with van der Waals surface area (Å²) in [5, 5.41) is 17.1. The standard InChI is InChI=1S/C27H24FN3O2/c28-23-10-5-4-9-21(23)25-22(17-29-30-25)26(31-16-6-11-24(31)27(32)33)20-14-12-19(13-15-20)18-7-2-1-3-8-18/h1-5,7-10,12-15,17,24,26H,6,11,16H2,(H,29,30)(H,32,33). The van der Waals surface area contributed by atoms with Gasteiger partial charge >= 0.3 is 5.97 Å². The maximum Gasteiger partial charge on any atom is 0.320 e. The summed E-state index contributed by atoms with van der Waals surface area (Å²) in [6.07, 6.45) is 3.07. The number of aliphatic carboxylic acids is 1. The van der Waals surface area contributed by atoms with Gasteiger partial charge in [0.25, 0.3) is 0 Å². The first-order chi connectivity index (χ1) is 16.1. The van der Waals surface area contributed by atoms with Gasteiger partial charge in [0.15, 0.2) is 0 Å². The normalized spacial score (nSPS) is 17.2. The van der Waals surface area contributed by atoms with Gasteiger partial charge in [-0.3, -0.25) is 14.8 Å². The lowest BCUT2D eigenvalue weighted by Gasteiger charge is -2.32. The fourth-order valence-corrected chi connectivity index (χ4v) is 4.78. The van der Waals surface area contributed by atoms with Crippen molar-refractivity contribution in [1.82, 2.24) is 15.1 Å². The van der Waals surface area contributed by atoms with E-state index in [1.807, 2.05) is 47.4 Å². The summed E-state index contributed by atoms with van der Waals surface area (Å²) in [5.74, 6) is -1.19. The Morgan fingerprint density at radius 2 is 1.70 bits per heavy atom. The van der Waals surface area contributed by atoms with E-state index in [4.69, 9.17) is 0 Å². The molecule has 0 saturated carbocycles. The maximum absolute atomic E-state index is 14.7. The molecule has 1 aromatic heterocycles. The number of benzene rings is 3. The number of hydrogen-bond donors (Lipinski definition) is 2. The molecule has 0 radical (unpaired) electrons. The SMILES string of the molecule is O=C(O)C1CCCN1C(c1ccc(-c2ccccc2)cc1)c1cn[nH]c1-c1ccccc1F. The summed E-state index contributed by atoms with van der Waals surface area (Å²) in [6, 6.07) is 23.8. The van der Waals surface area contributed by atoms with Gasteiger partial charge in [-0.05, 0) is 41.7 Å². The maximum atomic E-state index is 14.7. The van der Waals surface area contributed by atoms with Gasteiger partial charge < -0.3 is 5.11 Å². The molecule has 1 fully saturated rings. The van der Waals surface area contributed by atoms with E-state index in [1.165, 1.54) is 6.07 Å². The number of nitrogens with one attached hydrogen (secondary N) is 1.